The van der Waals surface area contributed by atoms with E-state index in [1.807, 2.05) is 13.8 Å². The molecule has 90 valence electrons. The predicted molar refractivity (Wildman–Crippen MR) is 62.7 cm³/mol. The van der Waals surface area contributed by atoms with E-state index in [1.54, 1.807) is 11.8 Å². The maximum Gasteiger partial charge on any atom is 0.291 e. The quantitative estimate of drug-likeness (QED) is 0.748. The minimum atomic E-state index is -0.116. The van der Waals surface area contributed by atoms with E-state index >= 15 is 0 Å². The van der Waals surface area contributed by atoms with Crippen LogP contribution < -0.4 is 0 Å². The Kier molecular flexibility index (Phi) is 4.80. The monoisotopic (exact) mass is 244 g/mol. The van der Waals surface area contributed by atoms with Gasteiger partial charge in [0.2, 0.25) is 5.76 Å². The summed E-state index contributed by atoms with van der Waals surface area (Å²) in [5, 5.41) is 0. The standard InChI is InChI=1S/C11H17ClN2O2/c1-8(2)14(6-4-5-12)11(15)10-9(3)13-7-16-10/h7-8H,4-6H2,1-3H3. The van der Waals surface area contributed by atoms with Crippen molar-refractivity contribution in [3.63, 3.8) is 0 Å². The van der Waals surface area contributed by atoms with Gasteiger partial charge in [-0.3, -0.25) is 4.79 Å². The molecule has 0 unspecified atom stereocenters. The average molecular weight is 245 g/mol. The fourth-order valence-electron chi connectivity index (χ4n) is 1.46. The molecule has 1 amide bonds. The summed E-state index contributed by atoms with van der Waals surface area (Å²) < 4.78 is 5.10. The first kappa shape index (κ1) is 13.0. The highest BCUT2D eigenvalue weighted by atomic mass is 35.5. The van der Waals surface area contributed by atoms with Gasteiger partial charge in [-0.25, -0.2) is 4.98 Å². The number of nitrogens with zero attached hydrogens (tertiary/aromatic N) is 2. The van der Waals surface area contributed by atoms with Gasteiger partial charge in [0, 0.05) is 18.5 Å². The van der Waals surface area contributed by atoms with Crippen LogP contribution >= 0.6 is 11.6 Å². The maximum atomic E-state index is 12.1. The van der Waals surface area contributed by atoms with E-state index in [4.69, 9.17) is 16.0 Å². The molecule has 0 saturated heterocycles. The second-order valence-corrected chi connectivity index (χ2v) is 4.28. The largest absolute Gasteiger partial charge is 0.438 e. The fraction of sp³-hybridized carbons (Fsp3) is 0.636. The predicted octanol–water partition coefficient (Wildman–Crippen LogP) is 2.46. The van der Waals surface area contributed by atoms with Crippen LogP contribution in [0.1, 0.15) is 36.5 Å². The van der Waals surface area contributed by atoms with Gasteiger partial charge in [-0.05, 0) is 27.2 Å². The molecule has 1 aromatic rings. The van der Waals surface area contributed by atoms with E-state index in [9.17, 15) is 4.79 Å². The Morgan fingerprint density at radius 2 is 2.31 bits per heavy atom. The molecule has 0 spiro atoms. The molecule has 0 radical (unpaired) electrons. The first-order valence-corrected chi connectivity index (χ1v) is 5.88. The molecule has 0 aliphatic rings. The molecular formula is C11H17ClN2O2. The molecule has 0 saturated carbocycles. The molecule has 0 atom stereocenters. The number of hydrogen-bond acceptors (Lipinski definition) is 3. The lowest BCUT2D eigenvalue weighted by molar-refractivity contribution is 0.0673. The number of carbonyl (C=O) groups excluding carboxylic acids is 1. The second kappa shape index (κ2) is 5.89. The van der Waals surface area contributed by atoms with Crippen LogP contribution in [0.25, 0.3) is 0 Å². The highest BCUT2D eigenvalue weighted by molar-refractivity contribution is 6.17. The lowest BCUT2D eigenvalue weighted by Crippen LogP contribution is -2.38. The molecule has 0 N–H and O–H groups in total. The van der Waals surface area contributed by atoms with Gasteiger partial charge >= 0.3 is 0 Å². The zero-order valence-corrected chi connectivity index (χ0v) is 10.6. The van der Waals surface area contributed by atoms with Crippen LogP contribution in [0.3, 0.4) is 0 Å². The van der Waals surface area contributed by atoms with Crippen molar-refractivity contribution in [1.82, 2.24) is 9.88 Å². The Morgan fingerprint density at radius 3 is 2.75 bits per heavy atom. The summed E-state index contributed by atoms with van der Waals surface area (Å²) in [4.78, 5) is 17.8. The molecule has 1 aromatic heterocycles. The lowest BCUT2D eigenvalue weighted by atomic mass is 10.2. The van der Waals surface area contributed by atoms with E-state index in [0.29, 0.717) is 23.9 Å². The fourth-order valence-corrected chi connectivity index (χ4v) is 1.58. The zero-order valence-electron chi connectivity index (χ0n) is 9.86. The average Bonchev–Trinajstić information content (AvgIpc) is 2.64. The molecule has 5 heteroatoms. The summed E-state index contributed by atoms with van der Waals surface area (Å²) in [5.74, 6) is 0.754. The number of carbonyl (C=O) groups is 1. The van der Waals surface area contributed by atoms with Gasteiger partial charge in [0.1, 0.15) is 0 Å². The normalized spacial score (nSPS) is 10.8. The van der Waals surface area contributed by atoms with Gasteiger partial charge in [0.25, 0.3) is 5.91 Å². The number of amides is 1. The van der Waals surface area contributed by atoms with E-state index in [0.717, 1.165) is 6.42 Å². The minimum Gasteiger partial charge on any atom is -0.438 e. The summed E-state index contributed by atoms with van der Waals surface area (Å²) in [6, 6.07) is 0.125. The highest BCUT2D eigenvalue weighted by Crippen LogP contribution is 2.12. The van der Waals surface area contributed by atoms with Crippen LogP contribution in [0, 0.1) is 6.92 Å². The van der Waals surface area contributed by atoms with Crippen LogP contribution in [0.2, 0.25) is 0 Å². The molecule has 0 fully saturated rings. The van der Waals surface area contributed by atoms with Crippen LogP contribution in [-0.2, 0) is 0 Å². The second-order valence-electron chi connectivity index (χ2n) is 3.90. The molecule has 0 aliphatic carbocycles. The number of oxazole rings is 1. The van der Waals surface area contributed by atoms with Gasteiger partial charge < -0.3 is 9.32 Å². The van der Waals surface area contributed by atoms with Crippen LogP contribution in [-0.4, -0.2) is 34.3 Å². The van der Waals surface area contributed by atoms with Crippen molar-refractivity contribution < 1.29 is 9.21 Å². The summed E-state index contributed by atoms with van der Waals surface area (Å²) >= 11 is 5.64. The number of rotatable bonds is 5. The molecule has 0 bridgehead atoms. The Labute approximate surface area is 101 Å². The van der Waals surface area contributed by atoms with Gasteiger partial charge in [-0.15, -0.1) is 11.6 Å². The summed E-state index contributed by atoms with van der Waals surface area (Å²) in [5.41, 5.74) is 0.626. The molecule has 1 rings (SSSR count). The van der Waals surface area contributed by atoms with Crippen molar-refractivity contribution >= 4 is 17.5 Å². The topological polar surface area (TPSA) is 46.3 Å². The Morgan fingerprint density at radius 1 is 1.62 bits per heavy atom. The van der Waals surface area contributed by atoms with Crippen LogP contribution in [0.5, 0.6) is 0 Å². The van der Waals surface area contributed by atoms with E-state index in [2.05, 4.69) is 4.98 Å². The summed E-state index contributed by atoms with van der Waals surface area (Å²) in [6.07, 6.45) is 2.07. The number of hydrogen-bond donors (Lipinski definition) is 0. The zero-order chi connectivity index (χ0) is 12.1. The van der Waals surface area contributed by atoms with Crippen molar-refractivity contribution in [2.75, 3.05) is 12.4 Å². The first-order chi connectivity index (χ1) is 7.57. The Hall–Kier alpha value is -1.03. The van der Waals surface area contributed by atoms with Crippen molar-refractivity contribution in [1.29, 1.82) is 0 Å². The van der Waals surface area contributed by atoms with Crippen molar-refractivity contribution in [3.05, 3.63) is 17.8 Å². The number of aryl methyl sites for hydroxylation is 1. The lowest BCUT2D eigenvalue weighted by Gasteiger charge is -2.25. The molecule has 4 nitrogen and oxygen atoms in total. The molecule has 0 aliphatic heterocycles. The van der Waals surface area contributed by atoms with Crippen LogP contribution in [0.4, 0.5) is 0 Å². The van der Waals surface area contributed by atoms with Gasteiger partial charge in [-0.1, -0.05) is 0 Å². The minimum absolute atomic E-state index is 0.116. The molecule has 1 heterocycles. The first-order valence-electron chi connectivity index (χ1n) is 5.35. The summed E-state index contributed by atoms with van der Waals surface area (Å²) in [7, 11) is 0. The number of alkyl halides is 1. The van der Waals surface area contributed by atoms with Crippen molar-refractivity contribution in [3.8, 4) is 0 Å². The number of halogens is 1. The van der Waals surface area contributed by atoms with Crippen molar-refractivity contribution in [2.45, 2.75) is 33.2 Å². The Balaban J connectivity index is 2.79. The SMILES string of the molecule is Cc1ncoc1C(=O)N(CCCCl)C(C)C. The smallest absolute Gasteiger partial charge is 0.291 e. The van der Waals surface area contributed by atoms with Gasteiger partial charge in [0.05, 0.1) is 5.69 Å². The van der Waals surface area contributed by atoms with Crippen LogP contribution in [0.15, 0.2) is 10.8 Å². The Bertz CT molecular complexity index is 350. The van der Waals surface area contributed by atoms with Crippen molar-refractivity contribution in [2.24, 2.45) is 0 Å². The molecule has 0 aromatic carbocycles. The molecule has 16 heavy (non-hydrogen) atoms. The van der Waals surface area contributed by atoms with E-state index in [-0.39, 0.29) is 11.9 Å². The van der Waals surface area contributed by atoms with E-state index < -0.39 is 0 Å². The van der Waals surface area contributed by atoms with Gasteiger partial charge in [0.15, 0.2) is 6.39 Å². The third-order valence-electron chi connectivity index (χ3n) is 2.36. The molecular weight excluding hydrogens is 228 g/mol. The highest BCUT2D eigenvalue weighted by Gasteiger charge is 2.23. The third-order valence-corrected chi connectivity index (χ3v) is 2.62. The maximum absolute atomic E-state index is 12.1. The number of aromatic nitrogens is 1. The van der Waals surface area contributed by atoms with E-state index in [1.165, 1.54) is 6.39 Å². The van der Waals surface area contributed by atoms with Gasteiger partial charge in [-0.2, -0.15) is 0 Å². The summed E-state index contributed by atoms with van der Waals surface area (Å²) in [6.45, 7) is 6.34. The third kappa shape index (κ3) is 2.98.